The van der Waals surface area contributed by atoms with Gasteiger partial charge in [-0.1, -0.05) is 12.1 Å². The van der Waals surface area contributed by atoms with Crippen LogP contribution in [0, 0.1) is 5.82 Å². The summed E-state index contributed by atoms with van der Waals surface area (Å²) >= 11 is 0. The second-order valence-corrected chi connectivity index (χ2v) is 5.04. The number of nitrogens with two attached hydrogens (primary N) is 1. The van der Waals surface area contributed by atoms with Crippen LogP contribution in [0.5, 0.6) is 0 Å². The van der Waals surface area contributed by atoms with Crippen molar-refractivity contribution in [1.29, 1.82) is 0 Å². The Balaban J connectivity index is 2.18. The van der Waals surface area contributed by atoms with E-state index in [0.717, 1.165) is 11.3 Å². The molecule has 0 spiro atoms. The number of benzene rings is 2. The number of nitrogens with zero attached hydrogens (tertiary/aromatic N) is 3. The Bertz CT molecular complexity index is 814. The van der Waals surface area contributed by atoms with Crippen LogP contribution < -0.4 is 10.6 Å². The van der Waals surface area contributed by atoms with Crippen LogP contribution in [0.25, 0.3) is 22.3 Å². The molecule has 0 atom stereocenters. The molecule has 0 bridgehead atoms. The molecule has 21 heavy (non-hydrogen) atoms. The molecule has 2 aromatic carbocycles. The smallest absolute Gasteiger partial charge is 0.162 e. The van der Waals surface area contributed by atoms with Gasteiger partial charge >= 0.3 is 0 Å². The van der Waals surface area contributed by atoms with E-state index in [4.69, 9.17) is 5.73 Å². The predicted octanol–water partition coefficient (Wildman–Crippen LogP) is 3.08. The van der Waals surface area contributed by atoms with Gasteiger partial charge in [0, 0.05) is 36.8 Å². The SMILES string of the molecule is CN(C)c1cccc(-c2nc(N)c3ccc(F)cc3n2)c1. The summed E-state index contributed by atoms with van der Waals surface area (Å²) in [7, 11) is 3.92. The van der Waals surface area contributed by atoms with E-state index in [9.17, 15) is 4.39 Å². The molecular formula is C16H15FN4. The molecule has 4 nitrogen and oxygen atoms in total. The van der Waals surface area contributed by atoms with Crippen molar-refractivity contribution >= 4 is 22.4 Å². The Labute approximate surface area is 122 Å². The van der Waals surface area contributed by atoms with Crippen molar-refractivity contribution in [3.05, 3.63) is 48.3 Å². The Morgan fingerprint density at radius 2 is 1.86 bits per heavy atom. The van der Waals surface area contributed by atoms with Gasteiger partial charge in [0.1, 0.15) is 11.6 Å². The highest BCUT2D eigenvalue weighted by Gasteiger charge is 2.09. The molecule has 1 heterocycles. The number of anilines is 2. The van der Waals surface area contributed by atoms with Gasteiger partial charge in [-0.25, -0.2) is 14.4 Å². The van der Waals surface area contributed by atoms with Gasteiger partial charge in [-0.3, -0.25) is 0 Å². The average Bonchev–Trinajstić information content (AvgIpc) is 2.46. The zero-order chi connectivity index (χ0) is 15.0. The lowest BCUT2D eigenvalue weighted by molar-refractivity contribution is 0.629. The fraction of sp³-hybridized carbons (Fsp3) is 0.125. The summed E-state index contributed by atoms with van der Waals surface area (Å²) in [6.45, 7) is 0. The molecule has 0 fully saturated rings. The van der Waals surface area contributed by atoms with Gasteiger partial charge in [0.15, 0.2) is 5.82 Å². The summed E-state index contributed by atoms with van der Waals surface area (Å²) in [6, 6.07) is 12.1. The maximum atomic E-state index is 13.4. The van der Waals surface area contributed by atoms with Gasteiger partial charge in [-0.2, -0.15) is 0 Å². The molecule has 0 aliphatic carbocycles. The van der Waals surface area contributed by atoms with Crippen molar-refractivity contribution in [3.8, 4) is 11.4 Å². The van der Waals surface area contributed by atoms with E-state index in [1.165, 1.54) is 12.1 Å². The maximum Gasteiger partial charge on any atom is 0.162 e. The minimum Gasteiger partial charge on any atom is -0.383 e. The quantitative estimate of drug-likeness (QED) is 0.784. The molecule has 0 aliphatic heterocycles. The van der Waals surface area contributed by atoms with E-state index in [1.54, 1.807) is 6.07 Å². The highest BCUT2D eigenvalue weighted by molar-refractivity contribution is 5.89. The third-order valence-electron chi connectivity index (χ3n) is 3.31. The normalized spacial score (nSPS) is 10.8. The second kappa shape index (κ2) is 5.01. The average molecular weight is 282 g/mol. The number of aromatic nitrogens is 2. The zero-order valence-electron chi connectivity index (χ0n) is 11.8. The Morgan fingerprint density at radius 3 is 2.62 bits per heavy atom. The fourth-order valence-corrected chi connectivity index (χ4v) is 2.18. The third-order valence-corrected chi connectivity index (χ3v) is 3.31. The van der Waals surface area contributed by atoms with Crippen molar-refractivity contribution in [2.45, 2.75) is 0 Å². The Hall–Kier alpha value is -2.69. The predicted molar refractivity (Wildman–Crippen MR) is 83.7 cm³/mol. The molecule has 1 aromatic heterocycles. The minimum atomic E-state index is -0.339. The number of hydrogen-bond donors (Lipinski definition) is 1. The van der Waals surface area contributed by atoms with Crippen LogP contribution in [-0.4, -0.2) is 24.1 Å². The molecule has 106 valence electrons. The molecular weight excluding hydrogens is 267 g/mol. The summed E-state index contributed by atoms with van der Waals surface area (Å²) in [5.74, 6) is 0.508. The van der Waals surface area contributed by atoms with E-state index >= 15 is 0 Å². The minimum absolute atomic E-state index is 0.339. The molecule has 2 N–H and O–H groups in total. The highest BCUT2D eigenvalue weighted by atomic mass is 19.1. The van der Waals surface area contributed by atoms with Crippen molar-refractivity contribution in [2.24, 2.45) is 0 Å². The number of halogens is 1. The van der Waals surface area contributed by atoms with E-state index in [2.05, 4.69) is 9.97 Å². The summed E-state index contributed by atoms with van der Waals surface area (Å²) in [5.41, 5.74) is 8.35. The van der Waals surface area contributed by atoms with Gasteiger partial charge in [0.25, 0.3) is 0 Å². The first-order valence-corrected chi connectivity index (χ1v) is 6.55. The molecule has 0 radical (unpaired) electrons. The van der Waals surface area contributed by atoms with Gasteiger partial charge in [-0.15, -0.1) is 0 Å². The Kier molecular flexibility index (Phi) is 3.17. The lowest BCUT2D eigenvalue weighted by Gasteiger charge is -2.13. The first-order chi connectivity index (χ1) is 10.0. The third kappa shape index (κ3) is 2.50. The van der Waals surface area contributed by atoms with Crippen LogP contribution in [0.2, 0.25) is 0 Å². The highest BCUT2D eigenvalue weighted by Crippen LogP contribution is 2.25. The molecule has 0 unspecified atom stereocenters. The largest absolute Gasteiger partial charge is 0.383 e. The standard InChI is InChI=1S/C16H15FN4/c1-21(2)12-5-3-4-10(8-12)16-19-14-9-11(17)6-7-13(14)15(18)20-16/h3-9H,1-2H3,(H2,18,19,20). The summed E-state index contributed by atoms with van der Waals surface area (Å²) in [6.07, 6.45) is 0. The zero-order valence-corrected chi connectivity index (χ0v) is 11.8. The topological polar surface area (TPSA) is 55.0 Å². The molecule has 3 aromatic rings. The fourth-order valence-electron chi connectivity index (χ4n) is 2.18. The van der Waals surface area contributed by atoms with E-state index in [1.807, 2.05) is 43.3 Å². The van der Waals surface area contributed by atoms with Crippen molar-refractivity contribution in [2.75, 3.05) is 24.7 Å². The lowest BCUT2D eigenvalue weighted by atomic mass is 10.1. The molecule has 0 saturated heterocycles. The summed E-state index contributed by atoms with van der Waals surface area (Å²) in [4.78, 5) is 10.7. The maximum absolute atomic E-state index is 13.4. The molecule has 0 saturated carbocycles. The number of hydrogen-bond acceptors (Lipinski definition) is 4. The van der Waals surface area contributed by atoms with Crippen LogP contribution in [0.3, 0.4) is 0 Å². The first kappa shape index (κ1) is 13.3. The number of rotatable bonds is 2. The molecule has 0 amide bonds. The summed E-state index contributed by atoms with van der Waals surface area (Å²) < 4.78 is 13.4. The van der Waals surface area contributed by atoms with Crippen molar-refractivity contribution in [1.82, 2.24) is 9.97 Å². The van der Waals surface area contributed by atoms with E-state index < -0.39 is 0 Å². The van der Waals surface area contributed by atoms with Gasteiger partial charge < -0.3 is 10.6 Å². The Morgan fingerprint density at radius 1 is 1.05 bits per heavy atom. The van der Waals surface area contributed by atoms with Crippen LogP contribution >= 0.6 is 0 Å². The van der Waals surface area contributed by atoms with Crippen molar-refractivity contribution < 1.29 is 4.39 Å². The monoisotopic (exact) mass is 282 g/mol. The molecule has 5 heteroatoms. The van der Waals surface area contributed by atoms with E-state index in [0.29, 0.717) is 22.5 Å². The first-order valence-electron chi connectivity index (χ1n) is 6.55. The van der Waals surface area contributed by atoms with Gasteiger partial charge in [0.2, 0.25) is 0 Å². The van der Waals surface area contributed by atoms with Crippen LogP contribution in [-0.2, 0) is 0 Å². The molecule has 0 aliphatic rings. The van der Waals surface area contributed by atoms with Crippen LogP contribution in [0.4, 0.5) is 15.9 Å². The van der Waals surface area contributed by atoms with Crippen LogP contribution in [0.1, 0.15) is 0 Å². The number of nitrogen functional groups attached to an aromatic ring is 1. The van der Waals surface area contributed by atoms with Gasteiger partial charge in [0.05, 0.1) is 5.52 Å². The number of fused-ring (bicyclic) bond motifs is 1. The lowest BCUT2D eigenvalue weighted by Crippen LogP contribution is -2.08. The second-order valence-electron chi connectivity index (χ2n) is 5.04. The molecule has 3 rings (SSSR count). The van der Waals surface area contributed by atoms with Crippen LogP contribution in [0.15, 0.2) is 42.5 Å². The van der Waals surface area contributed by atoms with Crippen molar-refractivity contribution in [3.63, 3.8) is 0 Å². The van der Waals surface area contributed by atoms with Gasteiger partial charge in [-0.05, 0) is 24.3 Å². The van der Waals surface area contributed by atoms with E-state index in [-0.39, 0.29) is 5.82 Å². The summed E-state index contributed by atoms with van der Waals surface area (Å²) in [5, 5.41) is 0.656.